The van der Waals surface area contributed by atoms with Crippen LogP contribution in [0.15, 0.2) is 34.8 Å². The molecule has 1 heterocycles. The summed E-state index contributed by atoms with van der Waals surface area (Å²) in [4.78, 5) is 37.6. The van der Waals surface area contributed by atoms with Crippen molar-refractivity contribution in [1.29, 1.82) is 0 Å². The zero-order valence-corrected chi connectivity index (χ0v) is 13.3. The van der Waals surface area contributed by atoms with Crippen molar-refractivity contribution in [3.63, 3.8) is 0 Å². The number of imide groups is 3. The van der Waals surface area contributed by atoms with Crippen molar-refractivity contribution in [2.24, 2.45) is 0 Å². The number of benzene rings is 2. The predicted octanol–water partition coefficient (Wildman–Crippen LogP) is 3.74. The fourth-order valence-corrected chi connectivity index (χ4v) is 2.94. The van der Waals surface area contributed by atoms with E-state index in [0.29, 0.717) is 27.8 Å². The van der Waals surface area contributed by atoms with Gasteiger partial charge in [0.15, 0.2) is 0 Å². The maximum absolute atomic E-state index is 12.5. The summed E-state index contributed by atoms with van der Waals surface area (Å²) in [5, 5.41) is 1.32. The maximum Gasteiger partial charge on any atom is 0.424 e. The van der Waals surface area contributed by atoms with Crippen LogP contribution in [0, 0.1) is 0 Å². The highest BCUT2D eigenvalue weighted by Gasteiger charge is 2.38. The molecule has 6 heteroatoms. The highest BCUT2D eigenvalue weighted by atomic mass is 79.9. The van der Waals surface area contributed by atoms with Gasteiger partial charge in [-0.15, -0.1) is 0 Å². The molecule has 5 nitrogen and oxygen atoms in total. The van der Waals surface area contributed by atoms with Crippen LogP contribution in [-0.4, -0.2) is 29.4 Å². The molecule has 3 rings (SSSR count). The molecule has 0 spiro atoms. The summed E-state index contributed by atoms with van der Waals surface area (Å²) in [6.45, 7) is 1.99. The minimum atomic E-state index is -0.928. The Morgan fingerprint density at radius 1 is 1.14 bits per heavy atom. The maximum atomic E-state index is 12.5. The second-order valence-electron chi connectivity index (χ2n) is 4.88. The topological polar surface area (TPSA) is 63.7 Å². The van der Waals surface area contributed by atoms with Crippen LogP contribution in [0.25, 0.3) is 10.8 Å². The molecule has 3 amide bonds. The summed E-state index contributed by atoms with van der Waals surface area (Å²) in [6, 6.07) is 8.47. The minimum absolute atomic E-state index is 0.160. The number of hydrogen-bond donors (Lipinski definition) is 0. The second-order valence-corrected chi connectivity index (χ2v) is 5.74. The molecule has 0 fully saturated rings. The Labute approximate surface area is 135 Å². The van der Waals surface area contributed by atoms with Crippen LogP contribution in [0.1, 0.15) is 34.1 Å². The van der Waals surface area contributed by atoms with Gasteiger partial charge in [0.25, 0.3) is 11.8 Å². The third kappa shape index (κ3) is 2.11. The Balaban J connectivity index is 2.17. The van der Waals surface area contributed by atoms with Crippen LogP contribution >= 0.6 is 15.9 Å². The van der Waals surface area contributed by atoms with Gasteiger partial charge >= 0.3 is 6.09 Å². The van der Waals surface area contributed by atoms with Crippen molar-refractivity contribution in [1.82, 2.24) is 4.90 Å². The lowest BCUT2D eigenvalue weighted by atomic mass is 9.94. The number of hydrogen-bond acceptors (Lipinski definition) is 4. The van der Waals surface area contributed by atoms with Crippen LogP contribution in [-0.2, 0) is 4.74 Å². The largest absolute Gasteiger partial charge is 0.449 e. The van der Waals surface area contributed by atoms with E-state index in [1.54, 1.807) is 24.3 Å². The van der Waals surface area contributed by atoms with E-state index in [9.17, 15) is 14.4 Å². The molecule has 1 aliphatic rings. The van der Waals surface area contributed by atoms with Crippen LogP contribution < -0.4 is 0 Å². The van der Waals surface area contributed by atoms with E-state index in [0.717, 1.165) is 9.86 Å². The van der Waals surface area contributed by atoms with Gasteiger partial charge in [-0.25, -0.2) is 4.79 Å². The number of carbonyl (C=O) groups is 3. The first-order valence-corrected chi connectivity index (χ1v) is 7.62. The molecule has 0 N–H and O–H groups in total. The lowest BCUT2D eigenvalue weighted by Crippen LogP contribution is -2.44. The van der Waals surface area contributed by atoms with Gasteiger partial charge in [-0.1, -0.05) is 35.0 Å². The highest BCUT2D eigenvalue weighted by molar-refractivity contribution is 9.10. The molecular formula is C16H12BrNO4. The lowest BCUT2D eigenvalue weighted by Gasteiger charge is -2.25. The average molecular weight is 362 g/mol. The molecule has 0 aromatic heterocycles. The normalized spacial score (nSPS) is 13.6. The summed E-state index contributed by atoms with van der Waals surface area (Å²) < 4.78 is 5.73. The highest BCUT2D eigenvalue weighted by Crippen LogP contribution is 2.34. The summed E-state index contributed by atoms with van der Waals surface area (Å²) in [7, 11) is 0. The number of rotatable bonds is 2. The Morgan fingerprint density at radius 2 is 1.82 bits per heavy atom. The Hall–Kier alpha value is -2.21. The molecule has 0 unspecified atom stereocenters. The Morgan fingerprint density at radius 3 is 2.50 bits per heavy atom. The van der Waals surface area contributed by atoms with Crippen LogP contribution in [0.2, 0.25) is 0 Å². The van der Waals surface area contributed by atoms with Gasteiger partial charge in [-0.2, -0.15) is 4.90 Å². The third-order valence-corrected chi connectivity index (χ3v) is 4.16. The zero-order valence-electron chi connectivity index (χ0n) is 11.8. The third-order valence-electron chi connectivity index (χ3n) is 3.47. The van der Waals surface area contributed by atoms with Crippen molar-refractivity contribution in [2.45, 2.75) is 13.3 Å². The molecule has 0 saturated heterocycles. The molecule has 0 saturated carbocycles. The molecule has 112 valence electrons. The Bertz CT molecular complexity index is 793. The van der Waals surface area contributed by atoms with Gasteiger partial charge in [-0.05, 0) is 30.0 Å². The molecule has 0 aliphatic carbocycles. The minimum Gasteiger partial charge on any atom is -0.449 e. The summed E-state index contributed by atoms with van der Waals surface area (Å²) in [6.07, 6.45) is -0.316. The molecule has 1 aliphatic heterocycles. The van der Waals surface area contributed by atoms with Gasteiger partial charge < -0.3 is 4.74 Å². The van der Waals surface area contributed by atoms with Gasteiger partial charge in [0.05, 0.1) is 6.61 Å². The summed E-state index contributed by atoms with van der Waals surface area (Å²) in [5.41, 5.74) is 0.642. The number of amides is 3. The number of carbonyl (C=O) groups excluding carboxylic acids is 3. The number of halogens is 1. The Kier molecular flexibility index (Phi) is 3.70. The zero-order chi connectivity index (χ0) is 15.9. The van der Waals surface area contributed by atoms with Crippen molar-refractivity contribution < 1.29 is 19.1 Å². The number of nitrogens with zero attached hydrogens (tertiary/aromatic N) is 1. The molecule has 2 aromatic rings. The van der Waals surface area contributed by atoms with Crippen LogP contribution in [0.5, 0.6) is 0 Å². The van der Waals surface area contributed by atoms with Crippen molar-refractivity contribution in [3.05, 3.63) is 45.9 Å². The summed E-state index contributed by atoms with van der Waals surface area (Å²) in [5.74, 6) is -1.30. The quantitative estimate of drug-likeness (QED) is 0.764. The van der Waals surface area contributed by atoms with E-state index in [2.05, 4.69) is 15.9 Å². The van der Waals surface area contributed by atoms with Crippen LogP contribution in [0.3, 0.4) is 0 Å². The first kappa shape index (κ1) is 14.7. The number of ether oxygens (including phenoxy) is 1. The first-order valence-electron chi connectivity index (χ1n) is 6.83. The van der Waals surface area contributed by atoms with Crippen LogP contribution in [0.4, 0.5) is 4.79 Å². The van der Waals surface area contributed by atoms with Gasteiger partial charge in [-0.3, -0.25) is 9.59 Å². The molecule has 22 heavy (non-hydrogen) atoms. The summed E-state index contributed by atoms with van der Waals surface area (Å²) >= 11 is 3.41. The lowest BCUT2D eigenvalue weighted by molar-refractivity contribution is 0.0548. The van der Waals surface area contributed by atoms with Gasteiger partial charge in [0, 0.05) is 21.0 Å². The van der Waals surface area contributed by atoms with Crippen molar-refractivity contribution in [2.75, 3.05) is 6.61 Å². The molecule has 0 bridgehead atoms. The molecule has 0 atom stereocenters. The molecule has 2 aromatic carbocycles. The standard InChI is InChI=1S/C16H12BrNO4/c1-2-8-22-16(21)18-14(19)10-5-3-4-9-12(17)7-6-11(13(9)10)15(18)20/h3-7H,2,8H2,1H3. The van der Waals surface area contributed by atoms with Gasteiger partial charge in [0.2, 0.25) is 0 Å². The molecule has 0 radical (unpaired) electrons. The fourth-order valence-electron chi connectivity index (χ4n) is 2.48. The second kappa shape index (κ2) is 5.53. The average Bonchev–Trinajstić information content (AvgIpc) is 2.52. The van der Waals surface area contributed by atoms with Crippen molar-refractivity contribution in [3.8, 4) is 0 Å². The van der Waals surface area contributed by atoms with E-state index in [-0.39, 0.29) is 6.61 Å². The first-order chi connectivity index (χ1) is 10.6. The van der Waals surface area contributed by atoms with Crippen molar-refractivity contribution >= 4 is 44.6 Å². The monoisotopic (exact) mass is 361 g/mol. The van der Waals surface area contributed by atoms with E-state index in [1.165, 1.54) is 0 Å². The SMILES string of the molecule is CCCOC(=O)N1C(=O)c2cccc3c(Br)ccc(c23)C1=O. The van der Waals surface area contributed by atoms with E-state index < -0.39 is 17.9 Å². The van der Waals surface area contributed by atoms with E-state index in [4.69, 9.17) is 4.74 Å². The van der Waals surface area contributed by atoms with Gasteiger partial charge in [0.1, 0.15) is 0 Å². The predicted molar refractivity (Wildman–Crippen MR) is 83.8 cm³/mol. The van der Waals surface area contributed by atoms with E-state index >= 15 is 0 Å². The van der Waals surface area contributed by atoms with E-state index in [1.807, 2.05) is 13.0 Å². The molecular weight excluding hydrogens is 350 g/mol. The smallest absolute Gasteiger partial charge is 0.424 e. The fraction of sp³-hybridized carbons (Fsp3) is 0.188.